The van der Waals surface area contributed by atoms with Crippen LogP contribution in [0.1, 0.15) is 27.2 Å². The van der Waals surface area contributed by atoms with Gasteiger partial charge in [0.25, 0.3) is 5.91 Å². The Morgan fingerprint density at radius 1 is 1.09 bits per heavy atom. The Labute approximate surface area is 191 Å². The number of hydrogen-bond donors (Lipinski definition) is 1. The fraction of sp³-hybridized carbons (Fsp3) is 0.136. The SMILES string of the molecule is O=C(NCc1cccc(C(F)(F)F)c1)c1cc2scc(Br)c2n1Cc1ccc(F)cc1F. The van der Waals surface area contributed by atoms with Crippen molar-refractivity contribution in [3.05, 3.63) is 92.4 Å². The minimum atomic E-state index is -4.48. The molecule has 1 amide bonds. The third kappa shape index (κ3) is 4.56. The molecule has 0 saturated carbocycles. The molecule has 0 aliphatic heterocycles. The van der Waals surface area contributed by atoms with Crippen molar-refractivity contribution in [2.75, 3.05) is 0 Å². The van der Waals surface area contributed by atoms with Gasteiger partial charge in [-0.25, -0.2) is 8.78 Å². The minimum Gasteiger partial charge on any atom is -0.347 e. The van der Waals surface area contributed by atoms with Crippen molar-refractivity contribution < 1.29 is 26.7 Å². The molecule has 2 aromatic heterocycles. The summed E-state index contributed by atoms with van der Waals surface area (Å²) in [5.74, 6) is -1.98. The molecule has 0 atom stereocenters. The molecule has 0 fully saturated rings. The lowest BCUT2D eigenvalue weighted by Gasteiger charge is -2.13. The van der Waals surface area contributed by atoms with E-state index < -0.39 is 29.3 Å². The van der Waals surface area contributed by atoms with Gasteiger partial charge in [-0.3, -0.25) is 4.79 Å². The van der Waals surface area contributed by atoms with Crippen LogP contribution in [0.15, 0.2) is 58.4 Å². The lowest BCUT2D eigenvalue weighted by Crippen LogP contribution is -2.26. The molecule has 0 radical (unpaired) electrons. The van der Waals surface area contributed by atoms with Crippen molar-refractivity contribution >= 4 is 43.4 Å². The number of nitrogens with zero attached hydrogens (tertiary/aromatic N) is 1. The van der Waals surface area contributed by atoms with Crippen LogP contribution in [0.3, 0.4) is 0 Å². The van der Waals surface area contributed by atoms with Gasteiger partial charge in [-0.2, -0.15) is 13.2 Å². The zero-order valence-electron chi connectivity index (χ0n) is 16.1. The second-order valence-corrected chi connectivity index (χ2v) is 8.79. The van der Waals surface area contributed by atoms with E-state index in [-0.39, 0.29) is 24.3 Å². The molecular formula is C22H14BrF5N2OS. The molecule has 2 aromatic carbocycles. The average molecular weight is 529 g/mol. The molecule has 4 aromatic rings. The molecule has 0 bridgehead atoms. The van der Waals surface area contributed by atoms with Crippen LogP contribution in [-0.2, 0) is 19.3 Å². The van der Waals surface area contributed by atoms with Crippen molar-refractivity contribution in [1.82, 2.24) is 9.88 Å². The molecule has 10 heteroatoms. The highest BCUT2D eigenvalue weighted by atomic mass is 79.9. The van der Waals surface area contributed by atoms with E-state index in [1.165, 1.54) is 29.5 Å². The summed E-state index contributed by atoms with van der Waals surface area (Å²) < 4.78 is 69.4. The maximum atomic E-state index is 14.3. The van der Waals surface area contributed by atoms with Gasteiger partial charge in [0, 0.05) is 23.6 Å². The number of amides is 1. The van der Waals surface area contributed by atoms with E-state index in [4.69, 9.17) is 0 Å². The van der Waals surface area contributed by atoms with Crippen LogP contribution in [0, 0.1) is 11.6 Å². The third-order valence-corrected chi connectivity index (χ3v) is 6.69. The summed E-state index contributed by atoms with van der Waals surface area (Å²) in [5, 5.41) is 4.45. The highest BCUT2D eigenvalue weighted by Gasteiger charge is 2.30. The lowest BCUT2D eigenvalue weighted by molar-refractivity contribution is -0.137. The Kier molecular flexibility index (Phi) is 6.09. The maximum Gasteiger partial charge on any atom is 0.416 e. The number of aromatic nitrogens is 1. The highest BCUT2D eigenvalue weighted by molar-refractivity contribution is 9.10. The standard InChI is InChI=1S/C22H14BrF5N2OS/c23-16-11-32-19-8-18(30(20(16)19)10-13-4-5-15(24)7-17(13)25)21(31)29-9-12-2-1-3-14(6-12)22(26,27)28/h1-8,11H,9-10H2,(H,29,31). The largest absolute Gasteiger partial charge is 0.416 e. The zero-order chi connectivity index (χ0) is 23.0. The highest BCUT2D eigenvalue weighted by Crippen LogP contribution is 2.34. The fourth-order valence-electron chi connectivity index (χ4n) is 3.33. The number of thiophene rings is 1. The van der Waals surface area contributed by atoms with Crippen LogP contribution in [0.5, 0.6) is 0 Å². The summed E-state index contributed by atoms with van der Waals surface area (Å²) in [7, 11) is 0. The van der Waals surface area contributed by atoms with Gasteiger partial charge in [0.15, 0.2) is 0 Å². The summed E-state index contributed by atoms with van der Waals surface area (Å²) in [6, 6.07) is 9.53. The van der Waals surface area contributed by atoms with Crippen LogP contribution < -0.4 is 5.32 Å². The van der Waals surface area contributed by atoms with Gasteiger partial charge >= 0.3 is 6.18 Å². The number of carbonyl (C=O) groups is 1. The van der Waals surface area contributed by atoms with Crippen LogP contribution in [0.4, 0.5) is 22.0 Å². The smallest absolute Gasteiger partial charge is 0.347 e. The first-order valence-corrected chi connectivity index (χ1v) is 11.0. The molecule has 2 heterocycles. The van der Waals surface area contributed by atoms with Crippen LogP contribution >= 0.6 is 27.3 Å². The Balaban J connectivity index is 1.63. The number of fused-ring (bicyclic) bond motifs is 1. The molecule has 166 valence electrons. The van der Waals surface area contributed by atoms with Crippen molar-refractivity contribution in [2.24, 2.45) is 0 Å². The Bertz CT molecular complexity index is 1310. The maximum absolute atomic E-state index is 14.3. The second-order valence-electron chi connectivity index (χ2n) is 7.03. The van der Waals surface area contributed by atoms with Crippen LogP contribution in [0.25, 0.3) is 10.2 Å². The number of nitrogens with one attached hydrogen (secondary N) is 1. The third-order valence-electron chi connectivity index (χ3n) is 4.86. The molecule has 3 nitrogen and oxygen atoms in total. The number of hydrogen-bond acceptors (Lipinski definition) is 2. The number of rotatable bonds is 5. The number of carbonyl (C=O) groups excluding carboxylic acids is 1. The number of halogens is 6. The van der Waals surface area contributed by atoms with Crippen LogP contribution in [-0.4, -0.2) is 10.5 Å². The van der Waals surface area contributed by atoms with Gasteiger partial charge in [-0.1, -0.05) is 18.2 Å². The van der Waals surface area contributed by atoms with Crippen molar-refractivity contribution in [2.45, 2.75) is 19.3 Å². The van der Waals surface area contributed by atoms with Gasteiger partial charge in [0.05, 0.1) is 26.8 Å². The Hall–Kier alpha value is -2.72. The molecule has 0 aliphatic rings. The van der Waals surface area contributed by atoms with E-state index in [2.05, 4.69) is 21.2 Å². The van der Waals surface area contributed by atoms with Gasteiger partial charge in [-0.15, -0.1) is 11.3 Å². The fourth-order valence-corrected chi connectivity index (χ4v) is 5.03. The first-order valence-electron chi connectivity index (χ1n) is 9.28. The van der Waals surface area contributed by atoms with E-state index in [0.717, 1.165) is 29.0 Å². The number of alkyl halides is 3. The molecule has 32 heavy (non-hydrogen) atoms. The normalized spacial score (nSPS) is 11.8. The summed E-state index contributed by atoms with van der Waals surface area (Å²) in [6.07, 6.45) is -4.48. The summed E-state index contributed by atoms with van der Waals surface area (Å²) in [4.78, 5) is 12.9. The summed E-state index contributed by atoms with van der Waals surface area (Å²) in [5.41, 5.74) is 0.558. The van der Waals surface area contributed by atoms with Crippen molar-refractivity contribution in [3.63, 3.8) is 0 Å². The molecule has 0 aliphatic carbocycles. The molecule has 1 N–H and O–H groups in total. The zero-order valence-corrected chi connectivity index (χ0v) is 18.5. The predicted molar refractivity (Wildman–Crippen MR) is 116 cm³/mol. The predicted octanol–water partition coefficient (Wildman–Crippen LogP) is 6.74. The van der Waals surface area contributed by atoms with Gasteiger partial charge in [0.2, 0.25) is 0 Å². The van der Waals surface area contributed by atoms with E-state index in [1.54, 1.807) is 10.6 Å². The summed E-state index contributed by atoms with van der Waals surface area (Å²) in [6.45, 7) is -0.148. The first kappa shape index (κ1) is 22.5. The van der Waals surface area contributed by atoms with E-state index >= 15 is 0 Å². The van der Waals surface area contributed by atoms with E-state index in [0.29, 0.717) is 15.6 Å². The minimum absolute atomic E-state index is 0.0305. The van der Waals surface area contributed by atoms with E-state index in [1.807, 2.05) is 5.38 Å². The second kappa shape index (κ2) is 8.67. The number of benzene rings is 2. The van der Waals surface area contributed by atoms with E-state index in [9.17, 15) is 26.7 Å². The molecule has 4 rings (SSSR count). The molecule has 0 saturated heterocycles. The van der Waals surface area contributed by atoms with Gasteiger partial charge in [0.1, 0.15) is 17.3 Å². The topological polar surface area (TPSA) is 34.0 Å². The first-order chi connectivity index (χ1) is 15.1. The molecule has 0 spiro atoms. The molecule has 0 unspecified atom stereocenters. The lowest BCUT2D eigenvalue weighted by atomic mass is 10.1. The van der Waals surface area contributed by atoms with Gasteiger partial charge < -0.3 is 9.88 Å². The van der Waals surface area contributed by atoms with Crippen molar-refractivity contribution in [3.8, 4) is 0 Å². The Morgan fingerprint density at radius 2 is 1.88 bits per heavy atom. The average Bonchev–Trinajstić information content (AvgIpc) is 3.28. The monoisotopic (exact) mass is 528 g/mol. The Morgan fingerprint density at radius 3 is 2.59 bits per heavy atom. The summed E-state index contributed by atoms with van der Waals surface area (Å²) >= 11 is 4.80. The quantitative estimate of drug-likeness (QED) is 0.286. The van der Waals surface area contributed by atoms with Crippen molar-refractivity contribution in [1.29, 1.82) is 0 Å². The van der Waals surface area contributed by atoms with Gasteiger partial charge in [-0.05, 0) is 45.8 Å². The van der Waals surface area contributed by atoms with Crippen LogP contribution in [0.2, 0.25) is 0 Å². The molecular weight excluding hydrogens is 515 g/mol.